The van der Waals surface area contributed by atoms with Crippen molar-refractivity contribution in [2.24, 2.45) is 5.41 Å². The Hall–Kier alpha value is -3.14. The number of carbonyl (C=O) groups excluding carboxylic acids is 1. The molecule has 1 unspecified atom stereocenters. The molecule has 1 amide bonds. The van der Waals surface area contributed by atoms with Crippen molar-refractivity contribution in [3.05, 3.63) is 94.3 Å². The molecule has 4 nitrogen and oxygen atoms in total. The molecule has 0 fully saturated rings. The summed E-state index contributed by atoms with van der Waals surface area (Å²) < 4.78 is 0. The van der Waals surface area contributed by atoms with Crippen molar-refractivity contribution in [2.45, 2.75) is 33.2 Å². The van der Waals surface area contributed by atoms with Gasteiger partial charge in [-0.05, 0) is 35.1 Å². The van der Waals surface area contributed by atoms with E-state index < -0.39 is 0 Å². The number of rotatable bonds is 5. The molecule has 3 rings (SSSR count). The maximum atomic E-state index is 12.9. The van der Waals surface area contributed by atoms with Crippen LogP contribution in [-0.2, 0) is 0 Å². The third-order valence-corrected chi connectivity index (χ3v) is 4.56. The molecule has 144 valence electrons. The van der Waals surface area contributed by atoms with Crippen LogP contribution in [0.15, 0.2) is 77.6 Å². The van der Waals surface area contributed by atoms with Crippen molar-refractivity contribution >= 4 is 5.91 Å². The number of nitrogens with one attached hydrogen (secondary N) is 2. The number of hydrogen-bond acceptors (Lipinski definition) is 2. The summed E-state index contributed by atoms with van der Waals surface area (Å²) >= 11 is 0. The Labute approximate surface area is 165 Å². The molecule has 0 saturated carbocycles. The largest absolute Gasteiger partial charge is 0.345 e. The van der Waals surface area contributed by atoms with Gasteiger partial charge in [0.15, 0.2) is 0 Å². The normalized spacial score (nSPS) is 12.4. The summed E-state index contributed by atoms with van der Waals surface area (Å²) in [5.74, 6) is -0.362. The zero-order valence-electron chi connectivity index (χ0n) is 16.5. The Bertz CT molecular complexity index is 986. The highest BCUT2D eigenvalue weighted by Gasteiger charge is 2.23. The van der Waals surface area contributed by atoms with Gasteiger partial charge < -0.3 is 10.3 Å². The van der Waals surface area contributed by atoms with Crippen molar-refractivity contribution < 1.29 is 4.79 Å². The number of benzene rings is 2. The van der Waals surface area contributed by atoms with Crippen molar-refractivity contribution in [2.75, 3.05) is 0 Å². The van der Waals surface area contributed by atoms with Gasteiger partial charge in [0.1, 0.15) is 5.56 Å². The minimum atomic E-state index is -0.388. The monoisotopic (exact) mass is 374 g/mol. The van der Waals surface area contributed by atoms with Gasteiger partial charge in [-0.3, -0.25) is 9.59 Å². The summed E-state index contributed by atoms with van der Waals surface area (Å²) in [5, 5.41) is 3.05. The van der Waals surface area contributed by atoms with E-state index >= 15 is 0 Å². The van der Waals surface area contributed by atoms with Crippen LogP contribution in [0.25, 0.3) is 11.3 Å². The molecular formula is C24H26N2O2. The van der Waals surface area contributed by atoms with E-state index in [0.717, 1.165) is 17.5 Å². The predicted molar refractivity (Wildman–Crippen MR) is 113 cm³/mol. The third kappa shape index (κ3) is 4.97. The fourth-order valence-corrected chi connectivity index (χ4v) is 3.22. The second-order valence-corrected chi connectivity index (χ2v) is 8.18. The fourth-order valence-electron chi connectivity index (χ4n) is 3.22. The summed E-state index contributed by atoms with van der Waals surface area (Å²) in [6.45, 7) is 6.41. The first kappa shape index (κ1) is 19.6. The standard InChI is InChI=1S/C24H26N2O2/c1-24(2,3)16-21(18-12-8-5-9-13-18)26-23(28)19-14-15-20(25-22(19)27)17-10-6-4-7-11-17/h4-15,21H,16H2,1-3H3,(H,25,27)(H,26,28). The van der Waals surface area contributed by atoms with Crippen molar-refractivity contribution in [3.8, 4) is 11.3 Å². The summed E-state index contributed by atoms with van der Waals surface area (Å²) in [7, 11) is 0. The molecule has 0 aliphatic carbocycles. The summed E-state index contributed by atoms with van der Waals surface area (Å²) in [6.07, 6.45) is 0.767. The molecule has 4 heteroatoms. The quantitative estimate of drug-likeness (QED) is 0.664. The van der Waals surface area contributed by atoms with E-state index in [1.807, 2.05) is 60.7 Å². The van der Waals surface area contributed by atoms with Gasteiger partial charge in [-0.2, -0.15) is 0 Å². The predicted octanol–water partition coefficient (Wildman–Crippen LogP) is 4.95. The van der Waals surface area contributed by atoms with Gasteiger partial charge in [0.25, 0.3) is 11.5 Å². The average molecular weight is 374 g/mol. The lowest BCUT2D eigenvalue weighted by Gasteiger charge is -2.27. The van der Waals surface area contributed by atoms with Crippen molar-refractivity contribution in [1.29, 1.82) is 0 Å². The molecule has 2 N–H and O–H groups in total. The minimum absolute atomic E-state index is 0.0252. The molecule has 2 aromatic carbocycles. The maximum absolute atomic E-state index is 12.9. The Morgan fingerprint density at radius 3 is 2.11 bits per heavy atom. The van der Waals surface area contributed by atoms with Gasteiger partial charge in [-0.25, -0.2) is 0 Å². The van der Waals surface area contributed by atoms with Crippen LogP contribution in [0.4, 0.5) is 0 Å². The van der Waals surface area contributed by atoms with Gasteiger partial charge in [-0.1, -0.05) is 81.4 Å². The molecule has 0 spiro atoms. The van der Waals surface area contributed by atoms with Gasteiger partial charge in [-0.15, -0.1) is 0 Å². The highest BCUT2D eigenvalue weighted by atomic mass is 16.2. The van der Waals surface area contributed by atoms with E-state index in [1.54, 1.807) is 12.1 Å². The third-order valence-electron chi connectivity index (χ3n) is 4.56. The number of aromatic nitrogens is 1. The van der Waals surface area contributed by atoms with Gasteiger partial charge in [0.05, 0.1) is 6.04 Å². The van der Waals surface area contributed by atoms with Crippen LogP contribution >= 0.6 is 0 Å². The second kappa shape index (κ2) is 8.26. The highest BCUT2D eigenvalue weighted by molar-refractivity contribution is 5.94. The number of carbonyl (C=O) groups is 1. The summed E-state index contributed by atoms with van der Waals surface area (Å²) in [4.78, 5) is 28.2. The van der Waals surface area contributed by atoms with Crippen molar-refractivity contribution in [3.63, 3.8) is 0 Å². The van der Waals surface area contributed by atoms with Gasteiger partial charge >= 0.3 is 0 Å². The number of pyridine rings is 1. The fraction of sp³-hybridized carbons (Fsp3) is 0.250. The second-order valence-electron chi connectivity index (χ2n) is 8.18. The van der Waals surface area contributed by atoms with E-state index in [4.69, 9.17) is 0 Å². The topological polar surface area (TPSA) is 62.0 Å². The Balaban J connectivity index is 1.85. The Morgan fingerprint density at radius 1 is 0.929 bits per heavy atom. The van der Waals surface area contributed by atoms with Crippen molar-refractivity contribution in [1.82, 2.24) is 10.3 Å². The molecule has 0 aliphatic heterocycles. The van der Waals surface area contributed by atoms with Crippen LogP contribution in [-0.4, -0.2) is 10.9 Å². The van der Waals surface area contributed by atoms with Crippen LogP contribution in [0, 0.1) is 5.41 Å². The number of hydrogen-bond donors (Lipinski definition) is 2. The van der Waals surface area contributed by atoms with E-state index in [0.29, 0.717) is 5.69 Å². The van der Waals surface area contributed by atoms with Gasteiger partial charge in [0.2, 0.25) is 0 Å². The first-order valence-electron chi connectivity index (χ1n) is 9.48. The number of aromatic amines is 1. The molecule has 0 radical (unpaired) electrons. The molecule has 1 heterocycles. The SMILES string of the molecule is CC(C)(C)CC(NC(=O)c1ccc(-c2ccccc2)[nH]c1=O)c1ccccc1. The molecule has 0 bridgehead atoms. The number of amides is 1. The number of H-pyrrole nitrogens is 1. The average Bonchev–Trinajstić information content (AvgIpc) is 2.67. The van der Waals surface area contributed by atoms with E-state index in [-0.39, 0.29) is 28.5 Å². The first-order valence-corrected chi connectivity index (χ1v) is 9.48. The molecule has 1 aromatic heterocycles. The zero-order chi connectivity index (χ0) is 20.1. The molecule has 0 saturated heterocycles. The van der Waals surface area contributed by atoms with Crippen LogP contribution in [0.5, 0.6) is 0 Å². The van der Waals surface area contributed by atoms with Gasteiger partial charge in [0, 0.05) is 5.69 Å². The molecule has 0 aliphatic rings. The highest BCUT2D eigenvalue weighted by Crippen LogP contribution is 2.29. The Kier molecular flexibility index (Phi) is 5.78. The van der Waals surface area contributed by atoms with E-state index in [1.165, 1.54) is 0 Å². The molecule has 1 atom stereocenters. The molecule has 28 heavy (non-hydrogen) atoms. The Morgan fingerprint density at radius 2 is 1.54 bits per heavy atom. The van der Waals surface area contributed by atoms with Crippen LogP contribution in [0.1, 0.15) is 49.2 Å². The van der Waals surface area contributed by atoms with Crippen LogP contribution in [0.2, 0.25) is 0 Å². The molecular weight excluding hydrogens is 348 g/mol. The summed E-state index contributed by atoms with van der Waals surface area (Å²) in [6, 6.07) is 22.6. The lowest BCUT2D eigenvalue weighted by atomic mass is 9.85. The summed E-state index contributed by atoms with van der Waals surface area (Å²) in [5.41, 5.74) is 2.38. The maximum Gasteiger partial charge on any atom is 0.261 e. The van der Waals surface area contributed by atoms with E-state index in [9.17, 15) is 9.59 Å². The smallest absolute Gasteiger partial charge is 0.261 e. The molecule has 3 aromatic rings. The lowest BCUT2D eigenvalue weighted by molar-refractivity contribution is 0.0925. The van der Waals surface area contributed by atoms with Crippen LogP contribution < -0.4 is 10.9 Å². The van der Waals surface area contributed by atoms with E-state index in [2.05, 4.69) is 31.1 Å². The lowest BCUT2D eigenvalue weighted by Crippen LogP contribution is -2.34. The minimum Gasteiger partial charge on any atom is -0.345 e. The van der Waals surface area contributed by atoms with Crippen LogP contribution in [0.3, 0.4) is 0 Å². The first-order chi connectivity index (χ1) is 13.3. The zero-order valence-corrected chi connectivity index (χ0v) is 16.5.